The minimum atomic E-state index is -0.433. The number of β-amino-alcohol motifs (C(OH)–C–C–N with tert-alkyl or cyclic N) is 1. The first-order valence-electron chi connectivity index (χ1n) is 5.00. The Labute approximate surface area is 84.7 Å². The van der Waals surface area contributed by atoms with Gasteiger partial charge in [0.2, 0.25) is 0 Å². The van der Waals surface area contributed by atoms with E-state index in [0.717, 1.165) is 19.6 Å². The summed E-state index contributed by atoms with van der Waals surface area (Å²) in [7, 11) is 1.58. The zero-order valence-electron chi connectivity index (χ0n) is 8.65. The number of hydrogen-bond acceptors (Lipinski definition) is 5. The third-order valence-corrected chi connectivity index (χ3v) is 2.39. The van der Waals surface area contributed by atoms with Gasteiger partial charge in [0, 0.05) is 39.3 Å². The van der Waals surface area contributed by atoms with Crippen LogP contribution in [0.3, 0.4) is 0 Å². The molecule has 14 heavy (non-hydrogen) atoms. The van der Waals surface area contributed by atoms with Gasteiger partial charge in [0.05, 0.1) is 19.3 Å². The van der Waals surface area contributed by atoms with Crippen molar-refractivity contribution in [2.24, 2.45) is 0 Å². The Kier molecular flexibility index (Phi) is 5.36. The van der Waals surface area contributed by atoms with E-state index in [1.165, 1.54) is 0 Å². The maximum atomic E-state index is 9.51. The van der Waals surface area contributed by atoms with Crippen LogP contribution in [0.25, 0.3) is 0 Å². The molecule has 0 amide bonds. The average Bonchev–Trinajstić information content (AvgIpc) is 2.18. The molecule has 0 aromatic rings. The van der Waals surface area contributed by atoms with E-state index in [4.69, 9.17) is 9.84 Å². The zero-order chi connectivity index (χ0) is 10.4. The lowest BCUT2D eigenvalue weighted by atomic mass is 10.2. The molecule has 1 heterocycles. The van der Waals surface area contributed by atoms with Crippen molar-refractivity contribution in [1.82, 2.24) is 10.2 Å². The number of rotatable bonds is 5. The molecule has 1 saturated heterocycles. The minimum absolute atomic E-state index is 0.137. The van der Waals surface area contributed by atoms with Crippen LogP contribution in [-0.2, 0) is 4.74 Å². The number of aliphatic hydroxyl groups is 2. The van der Waals surface area contributed by atoms with E-state index >= 15 is 0 Å². The van der Waals surface area contributed by atoms with Crippen molar-refractivity contribution in [3.05, 3.63) is 0 Å². The van der Waals surface area contributed by atoms with Crippen LogP contribution in [0, 0.1) is 0 Å². The highest BCUT2D eigenvalue weighted by molar-refractivity contribution is 4.79. The van der Waals surface area contributed by atoms with Gasteiger partial charge < -0.3 is 20.3 Å². The van der Waals surface area contributed by atoms with E-state index in [1.54, 1.807) is 7.11 Å². The normalized spacial score (nSPS) is 26.4. The lowest BCUT2D eigenvalue weighted by Gasteiger charge is -2.33. The van der Waals surface area contributed by atoms with Crippen molar-refractivity contribution in [1.29, 1.82) is 0 Å². The lowest BCUT2D eigenvalue weighted by molar-refractivity contribution is 0.0277. The maximum Gasteiger partial charge on any atom is 0.0900 e. The summed E-state index contributed by atoms with van der Waals surface area (Å²) >= 11 is 0. The third-order valence-electron chi connectivity index (χ3n) is 2.39. The third kappa shape index (κ3) is 3.89. The molecule has 1 aliphatic rings. The molecular weight excluding hydrogens is 184 g/mol. The highest BCUT2D eigenvalue weighted by atomic mass is 16.5. The van der Waals surface area contributed by atoms with E-state index in [0.29, 0.717) is 13.2 Å². The van der Waals surface area contributed by atoms with Gasteiger partial charge >= 0.3 is 0 Å². The van der Waals surface area contributed by atoms with Crippen molar-refractivity contribution >= 4 is 0 Å². The Morgan fingerprint density at radius 1 is 1.64 bits per heavy atom. The maximum absolute atomic E-state index is 9.51. The summed E-state index contributed by atoms with van der Waals surface area (Å²) in [6, 6.07) is 0.137. The van der Waals surface area contributed by atoms with Crippen molar-refractivity contribution in [3.8, 4) is 0 Å². The largest absolute Gasteiger partial charge is 0.395 e. The molecule has 1 unspecified atom stereocenters. The van der Waals surface area contributed by atoms with Crippen LogP contribution in [0.2, 0.25) is 0 Å². The summed E-state index contributed by atoms with van der Waals surface area (Å²) in [4.78, 5) is 2.14. The number of nitrogens with zero attached hydrogens (tertiary/aromatic N) is 1. The van der Waals surface area contributed by atoms with Crippen molar-refractivity contribution in [2.45, 2.75) is 12.1 Å². The molecule has 0 aromatic heterocycles. The molecule has 84 valence electrons. The predicted octanol–water partition coefficient (Wildman–Crippen LogP) is -1.74. The second kappa shape index (κ2) is 6.31. The van der Waals surface area contributed by atoms with Gasteiger partial charge in [-0.1, -0.05) is 0 Å². The fraction of sp³-hybridized carbons (Fsp3) is 1.00. The smallest absolute Gasteiger partial charge is 0.0900 e. The Morgan fingerprint density at radius 3 is 3.07 bits per heavy atom. The van der Waals surface area contributed by atoms with Crippen LogP contribution in [0.15, 0.2) is 0 Å². The molecule has 0 aliphatic carbocycles. The van der Waals surface area contributed by atoms with Crippen LogP contribution < -0.4 is 5.32 Å². The Hall–Kier alpha value is -0.200. The van der Waals surface area contributed by atoms with E-state index in [2.05, 4.69) is 10.2 Å². The number of nitrogens with one attached hydrogen (secondary N) is 1. The van der Waals surface area contributed by atoms with Crippen molar-refractivity contribution in [3.63, 3.8) is 0 Å². The molecule has 0 bridgehead atoms. The first kappa shape index (κ1) is 11.9. The molecule has 0 saturated carbocycles. The molecule has 5 heteroatoms. The van der Waals surface area contributed by atoms with Gasteiger partial charge in [0.1, 0.15) is 0 Å². The summed E-state index contributed by atoms with van der Waals surface area (Å²) in [6.07, 6.45) is -0.433. The summed E-state index contributed by atoms with van der Waals surface area (Å²) in [5.41, 5.74) is 0. The second-order valence-corrected chi connectivity index (χ2v) is 3.70. The first-order chi connectivity index (χ1) is 6.76. The van der Waals surface area contributed by atoms with Gasteiger partial charge in [-0.25, -0.2) is 0 Å². The first-order valence-corrected chi connectivity index (χ1v) is 5.00. The predicted molar refractivity (Wildman–Crippen MR) is 53.2 cm³/mol. The van der Waals surface area contributed by atoms with Gasteiger partial charge in [-0.15, -0.1) is 0 Å². The summed E-state index contributed by atoms with van der Waals surface area (Å²) in [5.74, 6) is 0. The van der Waals surface area contributed by atoms with Crippen LogP contribution in [-0.4, -0.2) is 73.8 Å². The highest BCUT2D eigenvalue weighted by Gasteiger charge is 2.20. The standard InChI is InChI=1S/C9H20N2O3/c1-14-7-9(13)5-11-3-2-10-8(4-11)6-12/h8-10,12-13H,2-7H2,1H3/t8?,9-/m0/s1. The van der Waals surface area contributed by atoms with Gasteiger partial charge in [0.15, 0.2) is 0 Å². The van der Waals surface area contributed by atoms with Gasteiger partial charge in [0.25, 0.3) is 0 Å². The Morgan fingerprint density at radius 2 is 2.43 bits per heavy atom. The zero-order valence-corrected chi connectivity index (χ0v) is 8.65. The van der Waals surface area contributed by atoms with Gasteiger partial charge in [-0.3, -0.25) is 4.90 Å². The fourth-order valence-electron chi connectivity index (χ4n) is 1.73. The number of piperazine rings is 1. The van der Waals surface area contributed by atoms with E-state index in [1.807, 2.05) is 0 Å². The van der Waals surface area contributed by atoms with Gasteiger partial charge in [-0.05, 0) is 0 Å². The summed E-state index contributed by atoms with van der Waals surface area (Å²) in [6.45, 7) is 3.70. The molecule has 1 aliphatic heterocycles. The average molecular weight is 204 g/mol. The quantitative estimate of drug-likeness (QED) is 0.496. The van der Waals surface area contributed by atoms with Crippen LogP contribution >= 0.6 is 0 Å². The highest BCUT2D eigenvalue weighted by Crippen LogP contribution is 2.00. The Bertz CT molecular complexity index is 157. The van der Waals surface area contributed by atoms with Gasteiger partial charge in [-0.2, -0.15) is 0 Å². The van der Waals surface area contributed by atoms with Crippen molar-refractivity contribution < 1.29 is 14.9 Å². The number of ether oxygens (including phenoxy) is 1. The SMILES string of the molecule is COC[C@@H](O)CN1CCNC(CO)C1. The monoisotopic (exact) mass is 204 g/mol. The molecule has 0 aromatic carbocycles. The number of hydrogen-bond donors (Lipinski definition) is 3. The van der Waals surface area contributed by atoms with E-state index in [9.17, 15) is 5.11 Å². The molecule has 0 spiro atoms. The Balaban J connectivity index is 2.22. The minimum Gasteiger partial charge on any atom is -0.395 e. The summed E-state index contributed by atoms with van der Waals surface area (Å²) in [5, 5.41) is 21.7. The molecule has 1 rings (SSSR count). The number of methoxy groups -OCH3 is 1. The lowest BCUT2D eigenvalue weighted by Crippen LogP contribution is -2.54. The molecule has 0 radical (unpaired) electrons. The number of aliphatic hydroxyl groups excluding tert-OH is 2. The topological polar surface area (TPSA) is 65.0 Å². The molecular formula is C9H20N2O3. The van der Waals surface area contributed by atoms with Crippen LogP contribution in [0.1, 0.15) is 0 Å². The van der Waals surface area contributed by atoms with E-state index in [-0.39, 0.29) is 12.6 Å². The molecule has 1 fully saturated rings. The van der Waals surface area contributed by atoms with E-state index < -0.39 is 6.10 Å². The fourth-order valence-corrected chi connectivity index (χ4v) is 1.73. The molecule has 5 nitrogen and oxygen atoms in total. The molecule has 2 atom stereocenters. The van der Waals surface area contributed by atoms with Crippen LogP contribution in [0.5, 0.6) is 0 Å². The summed E-state index contributed by atoms with van der Waals surface area (Å²) < 4.78 is 4.86. The van der Waals surface area contributed by atoms with Crippen molar-refractivity contribution in [2.75, 3.05) is 46.5 Å². The second-order valence-electron chi connectivity index (χ2n) is 3.70. The van der Waals surface area contributed by atoms with Crippen LogP contribution in [0.4, 0.5) is 0 Å². The molecule has 3 N–H and O–H groups in total.